The summed E-state index contributed by atoms with van der Waals surface area (Å²) < 4.78 is 2.23. The number of aromatic nitrogens is 3. The van der Waals surface area contributed by atoms with Crippen LogP contribution in [0.25, 0.3) is 0 Å². The number of aryl methyl sites for hydroxylation is 1. The van der Waals surface area contributed by atoms with Gasteiger partial charge in [0.2, 0.25) is 0 Å². The molecule has 0 radical (unpaired) electrons. The molecule has 1 atom stereocenters. The number of imidazole rings is 1. The van der Waals surface area contributed by atoms with Crippen molar-refractivity contribution in [1.29, 1.82) is 0 Å². The highest BCUT2D eigenvalue weighted by Gasteiger charge is 2.13. The molecule has 96 valence electrons. The Morgan fingerprint density at radius 3 is 2.72 bits per heavy atom. The van der Waals surface area contributed by atoms with E-state index in [0.717, 1.165) is 25.2 Å². The summed E-state index contributed by atoms with van der Waals surface area (Å²) in [5.41, 5.74) is 1.25. The monoisotopic (exact) mass is 244 g/mol. The first kappa shape index (κ1) is 12.8. The predicted molar refractivity (Wildman–Crippen MR) is 72.3 cm³/mol. The molecule has 0 saturated carbocycles. The van der Waals surface area contributed by atoms with Gasteiger partial charge < -0.3 is 9.88 Å². The first-order valence-corrected chi connectivity index (χ1v) is 6.42. The number of hydrogen-bond acceptors (Lipinski definition) is 3. The van der Waals surface area contributed by atoms with Gasteiger partial charge in [0.15, 0.2) is 0 Å². The zero-order valence-electron chi connectivity index (χ0n) is 11.0. The molecule has 4 heteroatoms. The summed E-state index contributed by atoms with van der Waals surface area (Å²) in [7, 11) is 1.98. The summed E-state index contributed by atoms with van der Waals surface area (Å²) in [5.74, 6) is 1.13. The summed E-state index contributed by atoms with van der Waals surface area (Å²) in [4.78, 5) is 8.51. The van der Waals surface area contributed by atoms with Crippen molar-refractivity contribution in [3.05, 3.63) is 48.3 Å². The number of pyridine rings is 1. The maximum Gasteiger partial charge on any atom is 0.110 e. The average molecular weight is 244 g/mol. The molecule has 2 aromatic rings. The minimum atomic E-state index is 0.283. The van der Waals surface area contributed by atoms with E-state index in [4.69, 9.17) is 0 Å². The lowest BCUT2D eigenvalue weighted by molar-refractivity contribution is 0.543. The summed E-state index contributed by atoms with van der Waals surface area (Å²) in [6, 6.07) is 4.38. The normalized spacial score (nSPS) is 12.6. The molecular weight excluding hydrogens is 224 g/mol. The summed E-state index contributed by atoms with van der Waals surface area (Å²) >= 11 is 0. The van der Waals surface area contributed by atoms with E-state index in [-0.39, 0.29) is 6.04 Å². The zero-order chi connectivity index (χ0) is 12.8. The molecule has 1 unspecified atom stereocenters. The van der Waals surface area contributed by atoms with Crippen molar-refractivity contribution < 1.29 is 0 Å². The van der Waals surface area contributed by atoms with Gasteiger partial charge in [-0.3, -0.25) is 4.98 Å². The summed E-state index contributed by atoms with van der Waals surface area (Å²) in [6.45, 7) is 3.21. The molecule has 0 aliphatic heterocycles. The number of rotatable bonds is 6. The minimum Gasteiger partial charge on any atom is -0.335 e. The average Bonchev–Trinajstić information content (AvgIpc) is 2.85. The number of nitrogens with zero attached hydrogens (tertiary/aromatic N) is 3. The third-order valence-corrected chi connectivity index (χ3v) is 3.11. The maximum absolute atomic E-state index is 4.46. The molecule has 1 N–H and O–H groups in total. The predicted octanol–water partition coefficient (Wildman–Crippen LogP) is 2.19. The van der Waals surface area contributed by atoms with Crippen LogP contribution < -0.4 is 5.32 Å². The van der Waals surface area contributed by atoms with Gasteiger partial charge in [0.05, 0.1) is 0 Å². The highest BCUT2D eigenvalue weighted by Crippen LogP contribution is 2.16. The Labute approximate surface area is 108 Å². The van der Waals surface area contributed by atoms with E-state index in [9.17, 15) is 0 Å². The second-order valence-electron chi connectivity index (χ2n) is 4.36. The first-order valence-electron chi connectivity index (χ1n) is 6.42. The van der Waals surface area contributed by atoms with E-state index in [1.807, 2.05) is 37.8 Å². The van der Waals surface area contributed by atoms with Gasteiger partial charge in [0.25, 0.3) is 0 Å². The van der Waals surface area contributed by atoms with Gasteiger partial charge in [-0.25, -0.2) is 4.98 Å². The van der Waals surface area contributed by atoms with Crippen LogP contribution in [0.15, 0.2) is 36.9 Å². The smallest absolute Gasteiger partial charge is 0.110 e. The second kappa shape index (κ2) is 6.31. The van der Waals surface area contributed by atoms with Crippen LogP contribution in [0.4, 0.5) is 0 Å². The van der Waals surface area contributed by atoms with Gasteiger partial charge in [-0.2, -0.15) is 0 Å². The van der Waals surface area contributed by atoms with Crippen LogP contribution >= 0.6 is 0 Å². The molecule has 4 nitrogen and oxygen atoms in total. The van der Waals surface area contributed by atoms with E-state index in [0.29, 0.717) is 0 Å². The van der Waals surface area contributed by atoms with Crippen LogP contribution in [0, 0.1) is 0 Å². The van der Waals surface area contributed by atoms with Crippen LogP contribution in [0.3, 0.4) is 0 Å². The Kier molecular flexibility index (Phi) is 4.47. The van der Waals surface area contributed by atoms with Crippen molar-refractivity contribution in [1.82, 2.24) is 19.9 Å². The van der Waals surface area contributed by atoms with E-state index < -0.39 is 0 Å². The number of nitrogens with one attached hydrogen (secondary N) is 1. The largest absolute Gasteiger partial charge is 0.335 e. The molecule has 0 spiro atoms. The molecule has 2 rings (SSSR count). The maximum atomic E-state index is 4.46. The fourth-order valence-corrected chi connectivity index (χ4v) is 2.14. The van der Waals surface area contributed by atoms with Crippen LogP contribution in [0.2, 0.25) is 0 Å². The van der Waals surface area contributed by atoms with Gasteiger partial charge >= 0.3 is 0 Å². The molecule has 0 saturated heterocycles. The molecule has 0 bridgehead atoms. The van der Waals surface area contributed by atoms with Crippen LogP contribution in [-0.2, 0) is 13.0 Å². The van der Waals surface area contributed by atoms with E-state index in [1.54, 1.807) is 0 Å². The Bertz CT molecular complexity index is 464. The molecule has 2 heterocycles. The molecular formula is C14H20N4. The molecule has 0 amide bonds. The SMILES string of the molecule is CCCn1ccnc1CC(NC)c1ccncc1. The van der Waals surface area contributed by atoms with Crippen LogP contribution in [0.1, 0.15) is 30.8 Å². The van der Waals surface area contributed by atoms with Crippen LogP contribution in [0.5, 0.6) is 0 Å². The summed E-state index contributed by atoms with van der Waals surface area (Å²) in [5, 5.41) is 3.34. The van der Waals surface area contributed by atoms with E-state index in [2.05, 4.69) is 33.0 Å². The van der Waals surface area contributed by atoms with Gasteiger partial charge in [-0.05, 0) is 31.2 Å². The molecule has 18 heavy (non-hydrogen) atoms. The van der Waals surface area contributed by atoms with Gasteiger partial charge in [-0.15, -0.1) is 0 Å². The van der Waals surface area contributed by atoms with Crippen molar-refractivity contribution in [3.8, 4) is 0 Å². The lowest BCUT2D eigenvalue weighted by Crippen LogP contribution is -2.20. The van der Waals surface area contributed by atoms with Crippen molar-refractivity contribution in [3.63, 3.8) is 0 Å². The molecule has 0 aliphatic rings. The number of likely N-dealkylation sites (N-methyl/N-ethyl adjacent to an activating group) is 1. The first-order chi connectivity index (χ1) is 8.85. The highest BCUT2D eigenvalue weighted by atomic mass is 15.1. The highest BCUT2D eigenvalue weighted by molar-refractivity contribution is 5.16. The minimum absolute atomic E-state index is 0.283. The standard InChI is InChI=1S/C14H20N4/c1-3-9-18-10-8-17-14(18)11-13(15-2)12-4-6-16-7-5-12/h4-8,10,13,15H,3,9,11H2,1-2H3. The van der Waals surface area contributed by atoms with Crippen molar-refractivity contribution in [2.75, 3.05) is 7.05 Å². The molecule has 0 aromatic carbocycles. The molecule has 2 aromatic heterocycles. The van der Waals surface area contributed by atoms with Crippen molar-refractivity contribution in [2.24, 2.45) is 0 Å². The van der Waals surface area contributed by atoms with E-state index >= 15 is 0 Å². The lowest BCUT2D eigenvalue weighted by atomic mass is 10.1. The van der Waals surface area contributed by atoms with Gasteiger partial charge in [0, 0.05) is 43.8 Å². The summed E-state index contributed by atoms with van der Waals surface area (Å²) in [6.07, 6.45) is 9.62. The molecule has 0 fully saturated rings. The quantitative estimate of drug-likeness (QED) is 0.847. The Morgan fingerprint density at radius 1 is 1.28 bits per heavy atom. The lowest BCUT2D eigenvalue weighted by Gasteiger charge is -2.17. The van der Waals surface area contributed by atoms with Gasteiger partial charge in [-0.1, -0.05) is 6.92 Å². The Balaban J connectivity index is 2.13. The zero-order valence-corrected chi connectivity index (χ0v) is 11.0. The topological polar surface area (TPSA) is 42.7 Å². The fraction of sp³-hybridized carbons (Fsp3) is 0.429. The van der Waals surface area contributed by atoms with Crippen molar-refractivity contribution >= 4 is 0 Å². The third-order valence-electron chi connectivity index (χ3n) is 3.11. The second-order valence-corrected chi connectivity index (χ2v) is 4.36. The van der Waals surface area contributed by atoms with E-state index in [1.165, 1.54) is 5.56 Å². The van der Waals surface area contributed by atoms with Crippen molar-refractivity contribution in [2.45, 2.75) is 32.4 Å². The number of hydrogen-bond donors (Lipinski definition) is 1. The van der Waals surface area contributed by atoms with Gasteiger partial charge in [0.1, 0.15) is 5.82 Å². The van der Waals surface area contributed by atoms with Crippen LogP contribution in [-0.4, -0.2) is 21.6 Å². The Hall–Kier alpha value is -1.68. The fourth-order valence-electron chi connectivity index (χ4n) is 2.14. The molecule has 0 aliphatic carbocycles. The Morgan fingerprint density at radius 2 is 2.06 bits per heavy atom. The third kappa shape index (κ3) is 2.96.